The van der Waals surface area contributed by atoms with E-state index in [4.69, 9.17) is 4.74 Å². The lowest BCUT2D eigenvalue weighted by Crippen LogP contribution is -2.48. The van der Waals surface area contributed by atoms with Crippen LogP contribution >= 0.6 is 0 Å². The summed E-state index contributed by atoms with van der Waals surface area (Å²) in [6, 6.07) is 0.0711. The van der Waals surface area contributed by atoms with Gasteiger partial charge in [-0.25, -0.2) is 13.1 Å². The van der Waals surface area contributed by atoms with Crippen molar-refractivity contribution in [3.63, 3.8) is 0 Å². The van der Waals surface area contributed by atoms with Crippen molar-refractivity contribution in [1.29, 1.82) is 0 Å². The molecule has 1 rings (SSSR count). The Bertz CT molecular complexity index is 260. The molecule has 1 aliphatic carbocycles. The summed E-state index contributed by atoms with van der Waals surface area (Å²) in [5.41, 5.74) is 0. The Morgan fingerprint density at radius 1 is 1.43 bits per heavy atom. The van der Waals surface area contributed by atoms with Crippen LogP contribution in [0.3, 0.4) is 0 Å². The van der Waals surface area contributed by atoms with Gasteiger partial charge < -0.3 is 10.1 Å². The number of hydrogen-bond acceptors (Lipinski definition) is 4. The van der Waals surface area contributed by atoms with Crippen LogP contribution in [0.15, 0.2) is 0 Å². The molecule has 0 atom stereocenters. The van der Waals surface area contributed by atoms with Gasteiger partial charge in [0.25, 0.3) is 0 Å². The van der Waals surface area contributed by atoms with Crippen LogP contribution < -0.4 is 10.0 Å². The fourth-order valence-electron chi connectivity index (χ4n) is 1.40. The molecule has 5 nitrogen and oxygen atoms in total. The molecule has 2 N–H and O–H groups in total. The summed E-state index contributed by atoms with van der Waals surface area (Å²) in [5.74, 6) is 0.137. The molecule has 1 saturated carbocycles. The second-order valence-corrected chi connectivity index (χ2v) is 5.44. The fraction of sp³-hybridized carbons (Fsp3) is 1.00. The molecule has 0 aliphatic heterocycles. The number of nitrogens with one attached hydrogen (secondary N) is 2. The molecule has 0 bridgehead atoms. The lowest BCUT2D eigenvalue weighted by Gasteiger charge is -2.34. The summed E-state index contributed by atoms with van der Waals surface area (Å²) in [5, 5.41) is 2.81. The zero-order chi connectivity index (χ0) is 10.6. The monoisotopic (exact) mass is 222 g/mol. The first kappa shape index (κ1) is 11.9. The van der Waals surface area contributed by atoms with Crippen molar-refractivity contribution >= 4 is 10.0 Å². The maximum Gasteiger partial charge on any atom is 0.213 e. The summed E-state index contributed by atoms with van der Waals surface area (Å²) in [7, 11) is 0.282. The number of rotatable bonds is 6. The van der Waals surface area contributed by atoms with E-state index < -0.39 is 10.0 Å². The number of methoxy groups -OCH3 is 1. The van der Waals surface area contributed by atoms with Crippen molar-refractivity contribution in [3.8, 4) is 0 Å². The SMILES string of the molecule is CNCCS(=O)(=O)NC1CC(OC)C1. The molecule has 0 heterocycles. The molecular weight excluding hydrogens is 204 g/mol. The highest BCUT2D eigenvalue weighted by Gasteiger charge is 2.31. The van der Waals surface area contributed by atoms with Crippen LogP contribution in [0.25, 0.3) is 0 Å². The van der Waals surface area contributed by atoms with Crippen molar-refractivity contribution in [2.24, 2.45) is 0 Å². The highest BCUT2D eigenvalue weighted by Crippen LogP contribution is 2.22. The summed E-state index contributed by atoms with van der Waals surface area (Å²) in [4.78, 5) is 0. The smallest absolute Gasteiger partial charge is 0.213 e. The second kappa shape index (κ2) is 5.06. The van der Waals surface area contributed by atoms with Crippen LogP contribution in [0, 0.1) is 0 Å². The van der Waals surface area contributed by atoms with Crippen LogP contribution in [-0.2, 0) is 14.8 Å². The van der Waals surface area contributed by atoms with Crippen molar-refractivity contribution in [1.82, 2.24) is 10.0 Å². The lowest BCUT2D eigenvalue weighted by atomic mass is 9.90. The summed E-state index contributed by atoms with van der Waals surface area (Å²) >= 11 is 0. The third kappa shape index (κ3) is 3.53. The Balaban J connectivity index is 2.24. The van der Waals surface area contributed by atoms with E-state index in [2.05, 4.69) is 10.0 Å². The molecule has 0 unspecified atom stereocenters. The van der Waals surface area contributed by atoms with E-state index in [1.54, 1.807) is 14.2 Å². The van der Waals surface area contributed by atoms with Gasteiger partial charge in [-0.1, -0.05) is 0 Å². The number of sulfonamides is 1. The second-order valence-electron chi connectivity index (χ2n) is 3.57. The standard InChI is InChI=1S/C8H18N2O3S/c1-9-3-4-14(11,12)10-7-5-8(6-7)13-2/h7-10H,3-6H2,1-2H3. The van der Waals surface area contributed by atoms with E-state index in [1.807, 2.05) is 0 Å². The maximum atomic E-state index is 11.4. The molecule has 1 aliphatic rings. The van der Waals surface area contributed by atoms with Crippen LogP contribution in [0.2, 0.25) is 0 Å². The maximum absolute atomic E-state index is 11.4. The summed E-state index contributed by atoms with van der Waals surface area (Å²) in [6.07, 6.45) is 1.80. The highest BCUT2D eigenvalue weighted by atomic mass is 32.2. The van der Waals surface area contributed by atoms with Gasteiger partial charge in [0.2, 0.25) is 10.0 Å². The van der Waals surface area contributed by atoms with Gasteiger partial charge in [-0.3, -0.25) is 0 Å². The van der Waals surface area contributed by atoms with Gasteiger partial charge in [0, 0.05) is 19.7 Å². The average molecular weight is 222 g/mol. The summed E-state index contributed by atoms with van der Waals surface area (Å²) < 4.78 is 30.5. The van der Waals surface area contributed by atoms with Gasteiger partial charge >= 0.3 is 0 Å². The predicted molar refractivity (Wildman–Crippen MR) is 54.7 cm³/mol. The minimum atomic E-state index is -3.10. The van der Waals surface area contributed by atoms with Gasteiger partial charge in [0.05, 0.1) is 11.9 Å². The van der Waals surface area contributed by atoms with Gasteiger partial charge in [0.1, 0.15) is 0 Å². The molecule has 84 valence electrons. The Labute approximate surface area is 85.3 Å². The normalized spacial score (nSPS) is 27.3. The van der Waals surface area contributed by atoms with E-state index in [-0.39, 0.29) is 17.9 Å². The first-order chi connectivity index (χ1) is 6.57. The van der Waals surface area contributed by atoms with Gasteiger partial charge in [-0.05, 0) is 19.9 Å². The molecular formula is C8H18N2O3S. The number of hydrogen-bond donors (Lipinski definition) is 2. The van der Waals surface area contributed by atoms with E-state index in [0.29, 0.717) is 6.54 Å². The van der Waals surface area contributed by atoms with E-state index in [9.17, 15) is 8.42 Å². The minimum Gasteiger partial charge on any atom is -0.381 e. The highest BCUT2D eigenvalue weighted by molar-refractivity contribution is 7.89. The van der Waals surface area contributed by atoms with Crippen molar-refractivity contribution in [2.75, 3.05) is 26.5 Å². The van der Waals surface area contributed by atoms with Crippen molar-refractivity contribution in [3.05, 3.63) is 0 Å². The van der Waals surface area contributed by atoms with Crippen LogP contribution in [0.1, 0.15) is 12.8 Å². The van der Waals surface area contributed by atoms with E-state index in [1.165, 1.54) is 0 Å². The third-order valence-corrected chi connectivity index (χ3v) is 3.83. The molecule has 0 aromatic heterocycles. The number of ether oxygens (including phenoxy) is 1. The fourth-order valence-corrected chi connectivity index (χ4v) is 2.69. The predicted octanol–water partition coefficient (Wildman–Crippen LogP) is -0.697. The first-order valence-electron chi connectivity index (χ1n) is 4.75. The Morgan fingerprint density at radius 3 is 2.57 bits per heavy atom. The van der Waals surface area contributed by atoms with Crippen molar-refractivity contribution < 1.29 is 13.2 Å². The Kier molecular flexibility index (Phi) is 4.31. The van der Waals surface area contributed by atoms with Crippen LogP contribution in [0.4, 0.5) is 0 Å². The average Bonchev–Trinajstić information content (AvgIpc) is 2.07. The summed E-state index contributed by atoms with van der Waals surface area (Å²) in [6.45, 7) is 0.482. The van der Waals surface area contributed by atoms with Gasteiger partial charge in [-0.15, -0.1) is 0 Å². The largest absolute Gasteiger partial charge is 0.381 e. The van der Waals surface area contributed by atoms with Crippen LogP contribution in [0.5, 0.6) is 0 Å². The topological polar surface area (TPSA) is 67.4 Å². The molecule has 14 heavy (non-hydrogen) atoms. The molecule has 6 heteroatoms. The third-order valence-electron chi connectivity index (χ3n) is 2.40. The quantitative estimate of drug-likeness (QED) is 0.624. The molecule has 0 aromatic rings. The molecule has 1 fully saturated rings. The zero-order valence-corrected chi connectivity index (χ0v) is 9.43. The Morgan fingerprint density at radius 2 is 2.07 bits per heavy atom. The van der Waals surface area contributed by atoms with E-state index in [0.717, 1.165) is 12.8 Å². The zero-order valence-electron chi connectivity index (χ0n) is 8.62. The molecule has 0 radical (unpaired) electrons. The molecule has 0 aromatic carbocycles. The van der Waals surface area contributed by atoms with E-state index >= 15 is 0 Å². The van der Waals surface area contributed by atoms with Gasteiger partial charge in [0.15, 0.2) is 0 Å². The molecule has 0 saturated heterocycles. The van der Waals surface area contributed by atoms with Crippen LogP contribution in [-0.4, -0.2) is 47.0 Å². The molecule has 0 amide bonds. The van der Waals surface area contributed by atoms with Crippen molar-refractivity contribution in [2.45, 2.75) is 25.0 Å². The molecule has 0 spiro atoms. The van der Waals surface area contributed by atoms with Gasteiger partial charge in [-0.2, -0.15) is 0 Å². The Hall–Kier alpha value is -0.170. The lowest BCUT2D eigenvalue weighted by molar-refractivity contribution is 0.0236. The first-order valence-corrected chi connectivity index (χ1v) is 6.40. The minimum absolute atomic E-state index is 0.0711.